The molecular formula is C15H12N4O3. The van der Waals surface area contributed by atoms with Gasteiger partial charge in [0.2, 0.25) is 5.91 Å². The quantitative estimate of drug-likeness (QED) is 0.591. The van der Waals surface area contributed by atoms with Gasteiger partial charge in [0, 0.05) is 29.7 Å². The third-order valence-corrected chi connectivity index (χ3v) is 3.22. The zero-order valence-electron chi connectivity index (χ0n) is 11.5. The molecule has 0 saturated carbocycles. The second-order valence-corrected chi connectivity index (χ2v) is 4.73. The molecule has 0 aliphatic carbocycles. The Labute approximate surface area is 125 Å². The number of fused-ring (bicyclic) bond motifs is 1. The number of nitro benzene ring substituents is 1. The van der Waals surface area contributed by atoms with Crippen LogP contribution in [0.2, 0.25) is 0 Å². The summed E-state index contributed by atoms with van der Waals surface area (Å²) in [6.45, 7) is 0. The lowest BCUT2D eigenvalue weighted by atomic mass is 10.1. The fourth-order valence-electron chi connectivity index (χ4n) is 2.22. The number of para-hydroxylation sites is 1. The summed E-state index contributed by atoms with van der Waals surface area (Å²) in [5, 5.41) is 17.7. The second-order valence-electron chi connectivity index (χ2n) is 4.73. The average molecular weight is 296 g/mol. The lowest BCUT2D eigenvalue weighted by Gasteiger charge is -2.06. The first-order valence-electron chi connectivity index (χ1n) is 6.59. The molecule has 0 atom stereocenters. The summed E-state index contributed by atoms with van der Waals surface area (Å²) < 4.78 is 1.68. The third-order valence-electron chi connectivity index (χ3n) is 3.22. The highest BCUT2D eigenvalue weighted by Crippen LogP contribution is 2.19. The van der Waals surface area contributed by atoms with Crippen LogP contribution in [-0.4, -0.2) is 20.4 Å². The Morgan fingerprint density at radius 3 is 2.91 bits per heavy atom. The largest absolute Gasteiger partial charge is 0.326 e. The lowest BCUT2D eigenvalue weighted by molar-refractivity contribution is -0.385. The van der Waals surface area contributed by atoms with Crippen molar-refractivity contribution < 1.29 is 9.72 Å². The smallest absolute Gasteiger partial charge is 0.273 e. The fraction of sp³-hybridized carbons (Fsp3) is 0.0667. The molecule has 1 amide bonds. The van der Waals surface area contributed by atoms with E-state index in [1.54, 1.807) is 47.2 Å². The molecule has 0 unspecified atom stereocenters. The molecule has 3 rings (SSSR count). The van der Waals surface area contributed by atoms with E-state index in [4.69, 9.17) is 0 Å². The number of anilines is 1. The number of rotatable bonds is 4. The number of nitro groups is 1. The van der Waals surface area contributed by atoms with Gasteiger partial charge in [-0.05, 0) is 18.2 Å². The van der Waals surface area contributed by atoms with E-state index in [0.29, 0.717) is 11.3 Å². The van der Waals surface area contributed by atoms with Crippen molar-refractivity contribution in [2.75, 3.05) is 5.32 Å². The summed E-state index contributed by atoms with van der Waals surface area (Å²) in [5.74, 6) is -0.307. The molecule has 0 saturated heterocycles. The molecule has 7 heteroatoms. The van der Waals surface area contributed by atoms with Crippen LogP contribution >= 0.6 is 0 Å². The highest BCUT2D eigenvalue weighted by Gasteiger charge is 2.15. The normalized spacial score (nSPS) is 10.5. The molecule has 2 heterocycles. The first-order valence-corrected chi connectivity index (χ1v) is 6.59. The van der Waals surface area contributed by atoms with Gasteiger partial charge < -0.3 is 5.32 Å². The number of nitrogens with one attached hydrogen (secondary N) is 1. The summed E-state index contributed by atoms with van der Waals surface area (Å²) in [6.07, 6.45) is 3.34. The number of nitrogens with zero attached hydrogens (tertiary/aromatic N) is 3. The van der Waals surface area contributed by atoms with Crippen LogP contribution in [0.5, 0.6) is 0 Å². The van der Waals surface area contributed by atoms with Gasteiger partial charge in [-0.25, -0.2) is 4.52 Å². The van der Waals surface area contributed by atoms with E-state index in [1.807, 2.05) is 6.07 Å². The molecular weight excluding hydrogens is 284 g/mol. The predicted octanol–water partition coefficient (Wildman–Crippen LogP) is 2.42. The Kier molecular flexibility index (Phi) is 3.53. The molecule has 7 nitrogen and oxygen atoms in total. The molecule has 1 N–H and O–H groups in total. The minimum atomic E-state index is -0.485. The molecule has 0 aliphatic heterocycles. The summed E-state index contributed by atoms with van der Waals surface area (Å²) in [5.41, 5.74) is 1.80. The van der Waals surface area contributed by atoms with Gasteiger partial charge in [0.05, 0.1) is 16.9 Å². The average Bonchev–Trinajstić information content (AvgIpc) is 2.95. The van der Waals surface area contributed by atoms with E-state index >= 15 is 0 Å². The highest BCUT2D eigenvalue weighted by molar-refractivity contribution is 5.93. The maximum absolute atomic E-state index is 12.1. The van der Waals surface area contributed by atoms with Gasteiger partial charge in [0.1, 0.15) is 0 Å². The Bertz CT molecular complexity index is 857. The molecule has 1 aromatic carbocycles. The fourth-order valence-corrected chi connectivity index (χ4v) is 2.22. The number of amides is 1. The van der Waals surface area contributed by atoms with Crippen LogP contribution in [0.1, 0.15) is 5.56 Å². The maximum Gasteiger partial charge on any atom is 0.273 e. The van der Waals surface area contributed by atoms with E-state index < -0.39 is 4.92 Å². The van der Waals surface area contributed by atoms with E-state index in [-0.39, 0.29) is 18.0 Å². The van der Waals surface area contributed by atoms with Crippen molar-refractivity contribution in [3.63, 3.8) is 0 Å². The number of carbonyl (C=O) groups is 1. The van der Waals surface area contributed by atoms with Crippen LogP contribution < -0.4 is 5.32 Å². The molecule has 110 valence electrons. The van der Waals surface area contributed by atoms with Gasteiger partial charge in [-0.15, -0.1) is 0 Å². The monoisotopic (exact) mass is 296 g/mol. The number of carbonyl (C=O) groups excluding carboxylic acids is 1. The van der Waals surface area contributed by atoms with Crippen molar-refractivity contribution in [1.82, 2.24) is 9.61 Å². The van der Waals surface area contributed by atoms with Gasteiger partial charge in [-0.2, -0.15) is 5.10 Å². The molecule has 0 fully saturated rings. The summed E-state index contributed by atoms with van der Waals surface area (Å²) in [7, 11) is 0. The number of hydrogen-bond acceptors (Lipinski definition) is 4. The number of aromatic nitrogens is 2. The third kappa shape index (κ3) is 2.78. The highest BCUT2D eigenvalue weighted by atomic mass is 16.6. The number of hydrogen-bond donors (Lipinski definition) is 1. The molecule has 0 spiro atoms. The van der Waals surface area contributed by atoms with Crippen molar-refractivity contribution in [2.24, 2.45) is 0 Å². The van der Waals surface area contributed by atoms with Crippen molar-refractivity contribution in [3.8, 4) is 0 Å². The number of benzene rings is 1. The zero-order chi connectivity index (χ0) is 15.5. The van der Waals surface area contributed by atoms with Crippen molar-refractivity contribution in [1.29, 1.82) is 0 Å². The van der Waals surface area contributed by atoms with Crippen LogP contribution in [0.15, 0.2) is 54.9 Å². The molecule has 0 bridgehead atoms. The van der Waals surface area contributed by atoms with Gasteiger partial charge in [-0.3, -0.25) is 14.9 Å². The van der Waals surface area contributed by atoms with Crippen LogP contribution in [0.3, 0.4) is 0 Å². The molecule has 0 aliphatic rings. The molecule has 2 aromatic heterocycles. The zero-order valence-corrected chi connectivity index (χ0v) is 11.5. The Morgan fingerprint density at radius 2 is 2.09 bits per heavy atom. The van der Waals surface area contributed by atoms with E-state index in [9.17, 15) is 14.9 Å². The SMILES string of the molecule is O=C(Cc1ccccc1[N+](=O)[O-])Nc1ccn2nccc2c1. The van der Waals surface area contributed by atoms with Gasteiger partial charge in [0.15, 0.2) is 0 Å². The molecule has 22 heavy (non-hydrogen) atoms. The Balaban J connectivity index is 1.76. The predicted molar refractivity (Wildman–Crippen MR) is 80.6 cm³/mol. The van der Waals surface area contributed by atoms with Crippen LogP contribution in [0, 0.1) is 10.1 Å². The van der Waals surface area contributed by atoms with Crippen LogP contribution in [0.25, 0.3) is 5.52 Å². The molecule has 0 radical (unpaired) electrons. The minimum absolute atomic E-state index is 0.0520. The standard InChI is InChI=1S/C15H12N4O3/c20-15(9-11-3-1-2-4-14(11)19(21)22)17-12-6-8-18-13(10-12)5-7-16-18/h1-8,10H,9H2,(H,17,20). The summed E-state index contributed by atoms with van der Waals surface area (Å²) >= 11 is 0. The Morgan fingerprint density at radius 1 is 1.27 bits per heavy atom. The van der Waals surface area contributed by atoms with E-state index in [2.05, 4.69) is 10.4 Å². The van der Waals surface area contributed by atoms with Crippen molar-refractivity contribution >= 4 is 22.8 Å². The lowest BCUT2D eigenvalue weighted by Crippen LogP contribution is -2.15. The van der Waals surface area contributed by atoms with Crippen molar-refractivity contribution in [2.45, 2.75) is 6.42 Å². The van der Waals surface area contributed by atoms with Gasteiger partial charge >= 0.3 is 0 Å². The van der Waals surface area contributed by atoms with Crippen LogP contribution in [-0.2, 0) is 11.2 Å². The van der Waals surface area contributed by atoms with E-state index in [1.165, 1.54) is 6.07 Å². The van der Waals surface area contributed by atoms with Crippen molar-refractivity contribution in [3.05, 3.63) is 70.5 Å². The second kappa shape index (κ2) is 5.65. The molecule has 3 aromatic rings. The van der Waals surface area contributed by atoms with E-state index in [0.717, 1.165) is 5.52 Å². The topological polar surface area (TPSA) is 89.5 Å². The number of pyridine rings is 1. The van der Waals surface area contributed by atoms with Crippen LogP contribution in [0.4, 0.5) is 11.4 Å². The first-order chi connectivity index (χ1) is 10.6. The van der Waals surface area contributed by atoms with Gasteiger partial charge in [-0.1, -0.05) is 18.2 Å². The summed E-state index contributed by atoms with van der Waals surface area (Å²) in [6, 6.07) is 11.5. The first kappa shape index (κ1) is 13.7. The maximum atomic E-state index is 12.1. The Hall–Kier alpha value is -3.22. The minimum Gasteiger partial charge on any atom is -0.326 e. The summed E-state index contributed by atoms with van der Waals surface area (Å²) in [4.78, 5) is 22.5. The van der Waals surface area contributed by atoms with Gasteiger partial charge in [0.25, 0.3) is 5.69 Å².